The van der Waals surface area contributed by atoms with Crippen LogP contribution in [0.25, 0.3) is 0 Å². The van der Waals surface area contributed by atoms with Gasteiger partial charge in [-0.2, -0.15) is 0 Å². The predicted octanol–water partition coefficient (Wildman–Crippen LogP) is -1.09. The molecule has 1 aliphatic heterocycles. The lowest BCUT2D eigenvalue weighted by atomic mass is 10.4. The number of rotatable bonds is 7. The molecule has 0 saturated carbocycles. The minimum atomic E-state index is -0.570. The van der Waals surface area contributed by atoms with Crippen molar-refractivity contribution in [1.82, 2.24) is 9.80 Å². The number of cyclic esters (lactones) is 1. The summed E-state index contributed by atoms with van der Waals surface area (Å²) in [7, 11) is 1.77. The molecule has 17 heavy (non-hydrogen) atoms. The van der Waals surface area contributed by atoms with E-state index >= 15 is 0 Å². The van der Waals surface area contributed by atoms with Crippen LogP contribution in [0.3, 0.4) is 0 Å². The predicted molar refractivity (Wildman–Crippen MR) is 58.5 cm³/mol. The summed E-state index contributed by atoms with van der Waals surface area (Å²) in [4.78, 5) is 25.6. The Bertz CT molecular complexity index is 271. The van der Waals surface area contributed by atoms with E-state index in [1.165, 1.54) is 0 Å². The largest absolute Gasteiger partial charge is 0.447 e. The Morgan fingerprint density at radius 3 is 2.94 bits per heavy atom. The quantitative estimate of drug-likeness (QED) is 0.575. The molecule has 1 N–H and O–H groups in total. The molecule has 1 rings (SSSR count). The zero-order valence-corrected chi connectivity index (χ0v) is 9.92. The number of nitrogens with zero attached hydrogens (tertiary/aromatic N) is 2. The molecule has 0 unspecified atom stereocenters. The number of aliphatic hydroxyl groups excluding tert-OH is 1. The van der Waals surface area contributed by atoms with Gasteiger partial charge in [-0.1, -0.05) is 0 Å². The second-order valence-electron chi connectivity index (χ2n) is 3.73. The zero-order chi connectivity index (χ0) is 12.7. The average Bonchev–Trinajstić information content (AvgIpc) is 2.71. The van der Waals surface area contributed by atoms with Gasteiger partial charge in [-0.05, 0) is 7.05 Å². The molecule has 0 spiro atoms. The van der Waals surface area contributed by atoms with Crippen molar-refractivity contribution in [2.24, 2.45) is 0 Å². The summed E-state index contributed by atoms with van der Waals surface area (Å²) in [5, 5.41) is 8.50. The van der Waals surface area contributed by atoms with Gasteiger partial charge in [0.2, 0.25) is 5.91 Å². The lowest BCUT2D eigenvalue weighted by Gasteiger charge is -2.18. The van der Waals surface area contributed by atoms with Crippen LogP contribution in [0.15, 0.2) is 0 Å². The third-order valence-corrected chi connectivity index (χ3v) is 2.32. The molecule has 0 radical (unpaired) electrons. The SMILES string of the molecule is CN(CCOCCO)CC(=O)N1CCOC1=O. The Morgan fingerprint density at radius 1 is 1.59 bits per heavy atom. The summed E-state index contributed by atoms with van der Waals surface area (Å²) in [6.07, 6.45) is -0.570. The number of ether oxygens (including phenoxy) is 2. The van der Waals surface area contributed by atoms with Crippen LogP contribution in [0.5, 0.6) is 0 Å². The third kappa shape index (κ3) is 4.68. The van der Waals surface area contributed by atoms with E-state index < -0.39 is 6.09 Å². The second kappa shape index (κ2) is 7.21. The van der Waals surface area contributed by atoms with Gasteiger partial charge in [-0.3, -0.25) is 9.69 Å². The maximum Gasteiger partial charge on any atom is 0.416 e. The summed E-state index contributed by atoms with van der Waals surface area (Å²) >= 11 is 0. The molecule has 0 atom stereocenters. The standard InChI is InChI=1S/C10H18N2O5/c1-11(2-5-16-7-4-13)8-9(14)12-3-6-17-10(12)15/h13H,2-8H2,1H3. The van der Waals surface area contributed by atoms with Crippen molar-refractivity contribution in [3.8, 4) is 0 Å². The van der Waals surface area contributed by atoms with E-state index in [0.29, 0.717) is 26.3 Å². The molecule has 0 aromatic rings. The van der Waals surface area contributed by atoms with E-state index in [0.717, 1.165) is 4.90 Å². The molecule has 1 aliphatic rings. The number of hydrogen-bond acceptors (Lipinski definition) is 6. The van der Waals surface area contributed by atoms with Gasteiger partial charge < -0.3 is 14.6 Å². The highest BCUT2D eigenvalue weighted by molar-refractivity contribution is 5.93. The van der Waals surface area contributed by atoms with Gasteiger partial charge in [0, 0.05) is 6.54 Å². The first-order valence-corrected chi connectivity index (χ1v) is 5.49. The number of carbonyl (C=O) groups is 2. The number of likely N-dealkylation sites (N-methyl/N-ethyl adjacent to an activating group) is 1. The molecular weight excluding hydrogens is 228 g/mol. The van der Waals surface area contributed by atoms with Gasteiger partial charge in [-0.25, -0.2) is 9.69 Å². The Kier molecular flexibility index (Phi) is 5.88. The maximum atomic E-state index is 11.7. The Hall–Kier alpha value is -1.18. The van der Waals surface area contributed by atoms with Crippen LogP contribution in [0.4, 0.5) is 4.79 Å². The number of aliphatic hydroxyl groups is 1. The van der Waals surface area contributed by atoms with Gasteiger partial charge in [0.1, 0.15) is 6.61 Å². The molecule has 1 saturated heterocycles. The van der Waals surface area contributed by atoms with Crippen LogP contribution >= 0.6 is 0 Å². The van der Waals surface area contributed by atoms with Crippen molar-refractivity contribution in [2.45, 2.75) is 0 Å². The lowest BCUT2D eigenvalue weighted by Crippen LogP contribution is -2.40. The van der Waals surface area contributed by atoms with E-state index in [4.69, 9.17) is 9.84 Å². The van der Waals surface area contributed by atoms with Crippen LogP contribution in [0, 0.1) is 0 Å². The molecule has 98 valence electrons. The lowest BCUT2D eigenvalue weighted by molar-refractivity contribution is -0.128. The minimum Gasteiger partial charge on any atom is -0.447 e. The van der Waals surface area contributed by atoms with Crippen molar-refractivity contribution in [3.05, 3.63) is 0 Å². The van der Waals surface area contributed by atoms with Gasteiger partial charge >= 0.3 is 6.09 Å². The van der Waals surface area contributed by atoms with Crippen molar-refractivity contribution < 1.29 is 24.2 Å². The van der Waals surface area contributed by atoms with Crippen molar-refractivity contribution in [1.29, 1.82) is 0 Å². The van der Waals surface area contributed by atoms with Gasteiger partial charge in [-0.15, -0.1) is 0 Å². The first-order chi connectivity index (χ1) is 8.15. The van der Waals surface area contributed by atoms with Crippen molar-refractivity contribution in [3.63, 3.8) is 0 Å². The molecular formula is C10H18N2O5. The molecule has 7 nitrogen and oxygen atoms in total. The van der Waals surface area contributed by atoms with E-state index in [1.54, 1.807) is 11.9 Å². The average molecular weight is 246 g/mol. The second-order valence-corrected chi connectivity index (χ2v) is 3.73. The Morgan fingerprint density at radius 2 is 2.35 bits per heavy atom. The van der Waals surface area contributed by atoms with Crippen LogP contribution in [0.1, 0.15) is 0 Å². The molecule has 1 fully saturated rings. The molecule has 0 aliphatic carbocycles. The summed E-state index contributed by atoms with van der Waals surface area (Å²) in [6, 6.07) is 0. The van der Waals surface area contributed by atoms with Crippen LogP contribution in [-0.4, -0.2) is 80.0 Å². The van der Waals surface area contributed by atoms with Crippen molar-refractivity contribution >= 4 is 12.0 Å². The fourth-order valence-electron chi connectivity index (χ4n) is 1.40. The Labute approximate surface area is 99.9 Å². The van der Waals surface area contributed by atoms with Crippen LogP contribution < -0.4 is 0 Å². The highest BCUT2D eigenvalue weighted by atomic mass is 16.6. The van der Waals surface area contributed by atoms with E-state index in [9.17, 15) is 9.59 Å². The maximum absolute atomic E-state index is 11.7. The molecule has 0 bridgehead atoms. The third-order valence-electron chi connectivity index (χ3n) is 2.32. The molecule has 2 amide bonds. The van der Waals surface area contributed by atoms with E-state index in [-0.39, 0.29) is 25.7 Å². The highest BCUT2D eigenvalue weighted by Gasteiger charge is 2.28. The van der Waals surface area contributed by atoms with Gasteiger partial charge in [0.15, 0.2) is 0 Å². The topological polar surface area (TPSA) is 79.3 Å². The minimum absolute atomic E-state index is 0.0116. The van der Waals surface area contributed by atoms with Crippen molar-refractivity contribution in [2.75, 3.05) is 53.1 Å². The number of hydrogen-bond donors (Lipinski definition) is 1. The van der Waals surface area contributed by atoms with Gasteiger partial charge in [0.05, 0.1) is 32.9 Å². The first kappa shape index (κ1) is 13.9. The first-order valence-electron chi connectivity index (χ1n) is 5.49. The van der Waals surface area contributed by atoms with Crippen LogP contribution in [-0.2, 0) is 14.3 Å². The summed E-state index contributed by atoms with van der Waals surface area (Å²) in [5.74, 6) is -0.267. The number of imide groups is 1. The zero-order valence-electron chi connectivity index (χ0n) is 9.92. The smallest absolute Gasteiger partial charge is 0.416 e. The van der Waals surface area contributed by atoms with Gasteiger partial charge in [0.25, 0.3) is 0 Å². The number of amides is 2. The fourth-order valence-corrected chi connectivity index (χ4v) is 1.40. The molecule has 7 heteroatoms. The molecule has 1 heterocycles. The highest BCUT2D eigenvalue weighted by Crippen LogP contribution is 2.03. The summed E-state index contributed by atoms with van der Waals surface area (Å²) in [6.45, 7) is 2.03. The summed E-state index contributed by atoms with van der Waals surface area (Å²) in [5.41, 5.74) is 0. The number of carbonyl (C=O) groups excluding carboxylic acids is 2. The fraction of sp³-hybridized carbons (Fsp3) is 0.800. The molecule has 0 aromatic carbocycles. The normalized spacial score (nSPS) is 15.5. The van der Waals surface area contributed by atoms with Crippen LogP contribution in [0.2, 0.25) is 0 Å². The van der Waals surface area contributed by atoms with E-state index in [2.05, 4.69) is 4.74 Å². The monoisotopic (exact) mass is 246 g/mol. The summed E-state index contributed by atoms with van der Waals surface area (Å²) < 4.78 is 9.75. The Balaban J connectivity index is 2.19. The van der Waals surface area contributed by atoms with E-state index in [1.807, 2.05) is 0 Å². The molecule has 0 aromatic heterocycles.